The number of ether oxygens (including phenoxy) is 24. The molecule has 1 aliphatic rings. The number of aliphatic hydroxyl groups excluding tert-OH is 1. The number of carbonyl (C=O) groups is 3. The van der Waals surface area contributed by atoms with E-state index in [9.17, 15) is 19.5 Å². The van der Waals surface area contributed by atoms with E-state index in [1.54, 1.807) is 0 Å². The van der Waals surface area contributed by atoms with Gasteiger partial charge in [-0.2, -0.15) is 0 Å². The molecule has 0 radical (unpaired) electrons. The van der Waals surface area contributed by atoms with Gasteiger partial charge in [0, 0.05) is 19.3 Å². The SMILES string of the molecule is CCCCCCCC/C=C/CCCCCCCC(=O)OCCOCCOCCOCCOCCOCCOCCOCCOCCOCCOCCOCCOCCOCCOCCOCCOCCOCCOCCOCCOCC(O)[C@H]1OC[C@H](OC(=O)CCCCCCC/C=C/CCCCCCCC)[C@H]1OC(=O)CCCCCCC/C=C/CCCCCCCC. The Bertz CT molecular complexity index is 2290. The van der Waals surface area contributed by atoms with Crippen LogP contribution >= 0.6 is 0 Å². The Morgan fingerprint density at radius 3 is 0.664 bits per heavy atom. The van der Waals surface area contributed by atoms with Gasteiger partial charge in [-0.25, -0.2) is 0 Å². The second kappa shape index (κ2) is 107. The van der Waals surface area contributed by atoms with Crippen molar-refractivity contribution >= 4 is 17.9 Å². The first-order chi connectivity index (χ1) is 63.4. The zero-order valence-corrected chi connectivity index (χ0v) is 81.1. The number of hydrogen-bond acceptors (Lipinski definition) is 28. The maximum atomic E-state index is 13.2. The molecule has 1 unspecified atom stereocenters. The van der Waals surface area contributed by atoms with Crippen LogP contribution in [0.15, 0.2) is 36.5 Å². The lowest BCUT2D eigenvalue weighted by Crippen LogP contribution is -2.45. The molecule has 4 atom stereocenters. The van der Waals surface area contributed by atoms with Gasteiger partial charge in [-0.15, -0.1) is 0 Å². The van der Waals surface area contributed by atoms with E-state index in [0.717, 1.165) is 89.9 Å². The number of rotatable bonds is 110. The molecule has 1 aliphatic heterocycles. The summed E-state index contributed by atoms with van der Waals surface area (Å²) in [6, 6.07) is 0. The summed E-state index contributed by atoms with van der Waals surface area (Å²) in [6.45, 7) is 24.4. The minimum atomic E-state index is -1.12. The molecule has 0 aromatic rings. The molecule has 0 saturated carbocycles. The molecular formula is C100H188O28. The molecular weight excluding hydrogens is 1650 g/mol. The Morgan fingerprint density at radius 2 is 0.430 bits per heavy atom. The number of carbonyl (C=O) groups excluding carboxylic acids is 3. The fraction of sp³-hybridized carbons (Fsp3) is 0.910. The van der Waals surface area contributed by atoms with Gasteiger partial charge >= 0.3 is 17.9 Å². The molecule has 1 fully saturated rings. The normalized spacial score (nSPS) is 14.5. The molecule has 128 heavy (non-hydrogen) atoms. The summed E-state index contributed by atoms with van der Waals surface area (Å²) in [7, 11) is 0. The molecule has 0 bridgehead atoms. The number of esters is 3. The Kier molecular flexibility index (Phi) is 103. The zero-order chi connectivity index (χ0) is 91.7. The molecule has 756 valence electrons. The van der Waals surface area contributed by atoms with Crippen molar-refractivity contribution < 1.29 is 133 Å². The second-order valence-corrected chi connectivity index (χ2v) is 32.3. The summed E-state index contributed by atoms with van der Waals surface area (Å²) in [5.41, 5.74) is 0. The van der Waals surface area contributed by atoms with Crippen molar-refractivity contribution in [3.63, 3.8) is 0 Å². The molecule has 0 aliphatic carbocycles. The van der Waals surface area contributed by atoms with E-state index >= 15 is 0 Å². The van der Waals surface area contributed by atoms with Crippen LogP contribution in [0, 0.1) is 0 Å². The topological polar surface area (TPSA) is 293 Å². The predicted molar refractivity (Wildman–Crippen MR) is 501 cm³/mol. The predicted octanol–water partition coefficient (Wildman–Crippen LogP) is 17.6. The minimum Gasteiger partial charge on any atom is -0.463 e. The van der Waals surface area contributed by atoms with E-state index in [2.05, 4.69) is 57.2 Å². The van der Waals surface area contributed by atoms with Gasteiger partial charge < -0.3 is 119 Å². The molecule has 28 heteroatoms. The largest absolute Gasteiger partial charge is 0.463 e. The third-order valence-corrected chi connectivity index (χ3v) is 20.8. The van der Waals surface area contributed by atoms with Crippen LogP contribution in [0.5, 0.6) is 0 Å². The fourth-order valence-electron chi connectivity index (χ4n) is 13.4. The Labute approximate surface area is 776 Å². The maximum absolute atomic E-state index is 13.2. The first-order valence-electron chi connectivity index (χ1n) is 50.8. The molecule has 28 nitrogen and oxygen atoms in total. The molecule has 1 heterocycles. The van der Waals surface area contributed by atoms with Crippen LogP contribution in [0.1, 0.15) is 290 Å². The second-order valence-electron chi connectivity index (χ2n) is 32.3. The molecule has 1 N–H and O–H groups in total. The highest BCUT2D eigenvalue weighted by atomic mass is 16.7. The van der Waals surface area contributed by atoms with Gasteiger partial charge in [0.05, 0.1) is 271 Å². The lowest BCUT2D eigenvalue weighted by molar-refractivity contribution is -0.169. The summed E-state index contributed by atoms with van der Waals surface area (Å²) in [5, 5.41) is 11.2. The summed E-state index contributed by atoms with van der Waals surface area (Å²) < 4.78 is 135. The van der Waals surface area contributed by atoms with Crippen molar-refractivity contribution in [2.24, 2.45) is 0 Å². The van der Waals surface area contributed by atoms with Gasteiger partial charge in [-0.05, 0) is 96.3 Å². The van der Waals surface area contributed by atoms with Crippen molar-refractivity contribution in [1.29, 1.82) is 0 Å². The monoisotopic (exact) mass is 1840 g/mol. The maximum Gasteiger partial charge on any atom is 0.306 e. The van der Waals surface area contributed by atoms with Crippen molar-refractivity contribution in [2.45, 2.75) is 315 Å². The highest BCUT2D eigenvalue weighted by Crippen LogP contribution is 2.26. The Balaban J connectivity index is 1.86. The average molecular weight is 1840 g/mol. The van der Waals surface area contributed by atoms with Crippen LogP contribution in [0.3, 0.4) is 0 Å². The van der Waals surface area contributed by atoms with Crippen LogP contribution in [0.25, 0.3) is 0 Å². The van der Waals surface area contributed by atoms with Crippen molar-refractivity contribution in [2.75, 3.05) is 277 Å². The van der Waals surface area contributed by atoms with E-state index in [0.29, 0.717) is 257 Å². The first kappa shape index (κ1) is 123. The van der Waals surface area contributed by atoms with Gasteiger partial charge in [0.1, 0.15) is 18.8 Å². The molecule has 0 aromatic heterocycles. The number of hydrogen-bond donors (Lipinski definition) is 1. The third-order valence-electron chi connectivity index (χ3n) is 20.8. The summed E-state index contributed by atoms with van der Waals surface area (Å²) in [5.74, 6) is -0.884. The molecule has 1 rings (SSSR count). The van der Waals surface area contributed by atoms with Gasteiger partial charge in [-0.1, -0.05) is 211 Å². The van der Waals surface area contributed by atoms with Crippen LogP contribution < -0.4 is 0 Å². The molecule has 0 amide bonds. The Morgan fingerprint density at radius 1 is 0.242 bits per heavy atom. The van der Waals surface area contributed by atoms with Crippen LogP contribution in [-0.4, -0.2) is 325 Å². The number of allylic oxidation sites excluding steroid dienone is 6. The van der Waals surface area contributed by atoms with Crippen LogP contribution in [-0.2, 0) is 128 Å². The standard InChI is InChI=1S/C100H188O28/c1-4-7-10-13-16-19-22-25-28-31-34-37-40-43-46-49-96(102)125-91-90-123-87-86-121-83-82-119-79-78-117-75-74-115-71-70-113-67-66-111-63-62-109-59-58-107-55-54-105-52-53-106-56-57-108-60-61-110-64-65-112-68-69-114-72-73-116-76-77-118-80-81-120-84-85-122-88-89-124-92-94(101)99-100(128-98(104)51-48-45-42-39-36-33-30-27-24-21-18-15-12-9-6-3)95(93-126-99)127-97(103)50-47-44-41-38-35-32-29-26-23-20-17-14-11-8-5-2/h25-30,94-95,99-101H,4-24,31-93H2,1-3H3/b28-25+,29-26+,30-27+/t94?,95-,99+,100+/m0/s1. The quantitative estimate of drug-likeness (QED) is 0.0256. The first-order valence-corrected chi connectivity index (χ1v) is 50.8. The van der Waals surface area contributed by atoms with E-state index in [4.69, 9.17) is 114 Å². The Hall–Kier alpha value is -3.25. The third kappa shape index (κ3) is 95.9. The van der Waals surface area contributed by atoms with E-state index in [-0.39, 0.29) is 63.8 Å². The van der Waals surface area contributed by atoms with E-state index in [1.807, 2.05) is 0 Å². The average Bonchev–Trinajstić information content (AvgIpc) is 1.68. The smallest absolute Gasteiger partial charge is 0.306 e. The van der Waals surface area contributed by atoms with Crippen molar-refractivity contribution in [3.8, 4) is 0 Å². The molecule has 0 spiro atoms. The lowest BCUT2D eigenvalue weighted by Gasteiger charge is -2.26. The van der Waals surface area contributed by atoms with Gasteiger partial charge in [0.2, 0.25) is 0 Å². The van der Waals surface area contributed by atoms with Crippen LogP contribution in [0.4, 0.5) is 0 Å². The summed E-state index contributed by atoms with van der Waals surface area (Å²) >= 11 is 0. The zero-order valence-electron chi connectivity index (χ0n) is 81.1. The fourth-order valence-corrected chi connectivity index (χ4v) is 13.4. The lowest BCUT2D eigenvalue weighted by atomic mass is 10.1. The summed E-state index contributed by atoms with van der Waals surface area (Å²) in [6.07, 6.45) is 57.6. The van der Waals surface area contributed by atoms with E-state index < -0.39 is 24.4 Å². The van der Waals surface area contributed by atoms with Crippen molar-refractivity contribution in [3.05, 3.63) is 36.5 Å². The minimum absolute atomic E-state index is 0.0230. The summed E-state index contributed by atoms with van der Waals surface area (Å²) in [4.78, 5) is 38.3. The van der Waals surface area contributed by atoms with Gasteiger partial charge in [0.25, 0.3) is 0 Å². The molecule has 1 saturated heterocycles. The number of aliphatic hydroxyl groups is 1. The van der Waals surface area contributed by atoms with Crippen molar-refractivity contribution in [1.82, 2.24) is 0 Å². The van der Waals surface area contributed by atoms with E-state index in [1.165, 1.54) is 154 Å². The highest BCUT2D eigenvalue weighted by Gasteiger charge is 2.46. The van der Waals surface area contributed by atoms with Gasteiger partial charge in [0.15, 0.2) is 12.2 Å². The number of unbranched alkanes of at least 4 members (excludes halogenated alkanes) is 33. The van der Waals surface area contributed by atoms with Gasteiger partial charge in [-0.3, -0.25) is 14.4 Å². The van der Waals surface area contributed by atoms with Crippen LogP contribution in [0.2, 0.25) is 0 Å². The molecule has 0 aromatic carbocycles. The highest BCUT2D eigenvalue weighted by molar-refractivity contribution is 5.71.